The molecule has 0 aliphatic carbocycles. The van der Waals surface area contributed by atoms with Crippen LogP contribution in [0.4, 0.5) is 5.69 Å². The van der Waals surface area contributed by atoms with Crippen LogP contribution in [0.5, 0.6) is 0 Å². The van der Waals surface area contributed by atoms with E-state index in [9.17, 15) is 4.79 Å². The van der Waals surface area contributed by atoms with Crippen LogP contribution < -0.4 is 5.32 Å². The van der Waals surface area contributed by atoms with Crippen molar-refractivity contribution in [2.75, 3.05) is 18.2 Å². The van der Waals surface area contributed by atoms with Gasteiger partial charge in [0.05, 0.1) is 17.6 Å². The zero-order valence-electron chi connectivity index (χ0n) is 13.4. The predicted molar refractivity (Wildman–Crippen MR) is 106 cm³/mol. The van der Waals surface area contributed by atoms with Crippen LogP contribution in [-0.4, -0.2) is 18.8 Å². The lowest BCUT2D eigenvalue weighted by Gasteiger charge is -2.08. The maximum Gasteiger partial charge on any atom is 0.256 e. The first kappa shape index (κ1) is 17.9. The predicted octanol–water partition coefficient (Wildman–Crippen LogP) is 5.62. The smallest absolute Gasteiger partial charge is 0.256 e. The van der Waals surface area contributed by atoms with Gasteiger partial charge in [-0.15, -0.1) is 11.8 Å². The fourth-order valence-corrected chi connectivity index (χ4v) is 3.75. The molecule has 128 valence electrons. The van der Waals surface area contributed by atoms with Crippen LogP contribution >= 0.6 is 35.0 Å². The Morgan fingerprint density at radius 2 is 1.68 bits per heavy atom. The van der Waals surface area contributed by atoms with Crippen LogP contribution in [-0.2, 0) is 9.53 Å². The Balaban J connectivity index is 1.83. The molecule has 2 aromatic carbocycles. The maximum atomic E-state index is 12.6. The minimum Gasteiger partial charge on any atom is -0.495 e. The SMILES string of the molecule is COC1=C(C(=O)Nc2ccc(Cl)cc2)CS/C1=C\c1ccc(Cl)cc1. The van der Waals surface area contributed by atoms with E-state index < -0.39 is 0 Å². The average Bonchev–Trinajstić information content (AvgIpc) is 3.01. The first-order chi connectivity index (χ1) is 12.1. The Hall–Kier alpha value is -1.88. The van der Waals surface area contributed by atoms with Crippen LogP contribution in [0.3, 0.4) is 0 Å². The van der Waals surface area contributed by atoms with Gasteiger partial charge in [-0.2, -0.15) is 0 Å². The van der Waals surface area contributed by atoms with Gasteiger partial charge in [-0.3, -0.25) is 4.79 Å². The summed E-state index contributed by atoms with van der Waals surface area (Å²) < 4.78 is 5.49. The normalized spacial score (nSPS) is 15.6. The molecule has 1 aliphatic heterocycles. The number of benzene rings is 2. The van der Waals surface area contributed by atoms with Gasteiger partial charge in [0, 0.05) is 21.5 Å². The molecule has 0 radical (unpaired) electrons. The van der Waals surface area contributed by atoms with E-state index in [1.54, 1.807) is 43.1 Å². The third-order valence-corrected chi connectivity index (χ3v) is 5.17. The summed E-state index contributed by atoms with van der Waals surface area (Å²) in [6.45, 7) is 0. The lowest BCUT2D eigenvalue weighted by molar-refractivity contribution is -0.112. The van der Waals surface area contributed by atoms with Gasteiger partial charge >= 0.3 is 0 Å². The third kappa shape index (κ3) is 4.40. The molecule has 0 fully saturated rings. The molecule has 1 aliphatic rings. The average molecular weight is 392 g/mol. The summed E-state index contributed by atoms with van der Waals surface area (Å²) in [6.07, 6.45) is 1.99. The molecule has 0 atom stereocenters. The number of ether oxygens (including phenoxy) is 1. The third-order valence-electron chi connectivity index (χ3n) is 3.62. The van der Waals surface area contributed by atoms with E-state index in [0.717, 1.165) is 10.5 Å². The molecule has 25 heavy (non-hydrogen) atoms. The largest absolute Gasteiger partial charge is 0.495 e. The van der Waals surface area contributed by atoms with Crippen molar-refractivity contribution in [3.05, 3.63) is 80.4 Å². The highest BCUT2D eigenvalue weighted by Gasteiger charge is 2.26. The molecule has 0 aromatic heterocycles. The second kappa shape index (κ2) is 8.00. The van der Waals surface area contributed by atoms with Crippen LogP contribution in [0.25, 0.3) is 6.08 Å². The van der Waals surface area contributed by atoms with Gasteiger partial charge in [-0.05, 0) is 48.0 Å². The van der Waals surface area contributed by atoms with Crippen molar-refractivity contribution < 1.29 is 9.53 Å². The summed E-state index contributed by atoms with van der Waals surface area (Å²) in [5, 5.41) is 4.19. The van der Waals surface area contributed by atoms with Crippen molar-refractivity contribution in [2.45, 2.75) is 0 Å². The molecule has 0 saturated carbocycles. The molecule has 0 unspecified atom stereocenters. The molecule has 2 aromatic rings. The molecule has 6 heteroatoms. The highest BCUT2D eigenvalue weighted by Crippen LogP contribution is 2.38. The number of halogens is 2. The number of thioether (sulfide) groups is 1. The number of amides is 1. The van der Waals surface area contributed by atoms with E-state index in [1.165, 1.54) is 0 Å². The van der Waals surface area contributed by atoms with Gasteiger partial charge < -0.3 is 10.1 Å². The summed E-state index contributed by atoms with van der Waals surface area (Å²) in [5.74, 6) is 0.986. The Morgan fingerprint density at radius 3 is 2.28 bits per heavy atom. The van der Waals surface area contributed by atoms with Crippen molar-refractivity contribution in [3.63, 3.8) is 0 Å². The molecule has 3 nitrogen and oxygen atoms in total. The molecule has 1 amide bonds. The van der Waals surface area contributed by atoms with Crippen molar-refractivity contribution in [1.82, 2.24) is 0 Å². The summed E-state index contributed by atoms with van der Waals surface area (Å²) in [7, 11) is 1.58. The molecule has 1 heterocycles. The Labute approximate surface area is 160 Å². The summed E-state index contributed by atoms with van der Waals surface area (Å²) in [5.41, 5.74) is 2.31. The van der Waals surface area contributed by atoms with Crippen molar-refractivity contribution in [2.24, 2.45) is 0 Å². The fraction of sp³-hybridized carbons (Fsp3) is 0.105. The lowest BCUT2D eigenvalue weighted by atomic mass is 10.1. The number of anilines is 1. The second-order valence-electron chi connectivity index (χ2n) is 5.32. The summed E-state index contributed by atoms with van der Waals surface area (Å²) in [4.78, 5) is 13.5. The van der Waals surface area contributed by atoms with Gasteiger partial charge in [0.15, 0.2) is 0 Å². The number of carbonyl (C=O) groups excluding carboxylic acids is 1. The van der Waals surface area contributed by atoms with E-state index in [4.69, 9.17) is 27.9 Å². The number of rotatable bonds is 4. The van der Waals surface area contributed by atoms with E-state index in [1.807, 2.05) is 30.3 Å². The Morgan fingerprint density at radius 1 is 1.08 bits per heavy atom. The van der Waals surface area contributed by atoms with E-state index in [2.05, 4.69) is 5.32 Å². The first-order valence-corrected chi connectivity index (χ1v) is 9.25. The van der Waals surface area contributed by atoms with Gasteiger partial charge in [0.1, 0.15) is 5.76 Å². The number of nitrogens with one attached hydrogen (secondary N) is 1. The Kier molecular flexibility index (Phi) is 5.74. The monoisotopic (exact) mass is 391 g/mol. The zero-order chi connectivity index (χ0) is 17.8. The second-order valence-corrected chi connectivity index (χ2v) is 7.21. The van der Waals surface area contributed by atoms with E-state index >= 15 is 0 Å². The van der Waals surface area contributed by atoms with Gasteiger partial charge in [-0.1, -0.05) is 35.3 Å². The highest BCUT2D eigenvalue weighted by molar-refractivity contribution is 8.04. The van der Waals surface area contributed by atoms with Gasteiger partial charge in [-0.25, -0.2) is 0 Å². The zero-order valence-corrected chi connectivity index (χ0v) is 15.7. The first-order valence-electron chi connectivity index (χ1n) is 7.51. The summed E-state index contributed by atoms with van der Waals surface area (Å²) in [6, 6.07) is 14.5. The number of methoxy groups -OCH3 is 1. The van der Waals surface area contributed by atoms with Crippen molar-refractivity contribution in [1.29, 1.82) is 0 Å². The minimum absolute atomic E-state index is 0.175. The topological polar surface area (TPSA) is 38.3 Å². The van der Waals surface area contributed by atoms with Crippen molar-refractivity contribution >= 4 is 52.6 Å². The van der Waals surface area contributed by atoms with E-state index in [0.29, 0.717) is 32.8 Å². The van der Waals surface area contributed by atoms with Crippen LogP contribution in [0.1, 0.15) is 5.56 Å². The van der Waals surface area contributed by atoms with Crippen LogP contribution in [0, 0.1) is 0 Å². The highest BCUT2D eigenvalue weighted by atomic mass is 35.5. The van der Waals surface area contributed by atoms with Crippen LogP contribution in [0.15, 0.2) is 64.8 Å². The van der Waals surface area contributed by atoms with Gasteiger partial charge in [0.2, 0.25) is 0 Å². The molecule has 3 rings (SSSR count). The lowest BCUT2D eigenvalue weighted by Crippen LogP contribution is -2.16. The molecule has 0 bridgehead atoms. The minimum atomic E-state index is -0.175. The molecule has 1 N–H and O–H groups in total. The summed E-state index contributed by atoms with van der Waals surface area (Å²) >= 11 is 13.4. The van der Waals surface area contributed by atoms with Gasteiger partial charge in [0.25, 0.3) is 5.91 Å². The maximum absolute atomic E-state index is 12.6. The molecule has 0 saturated heterocycles. The van der Waals surface area contributed by atoms with Crippen LogP contribution in [0.2, 0.25) is 10.0 Å². The number of hydrogen-bond donors (Lipinski definition) is 1. The standard InChI is InChI=1S/C19H15Cl2NO2S/c1-24-18-16(19(23)22-15-8-6-14(21)7-9-15)11-25-17(18)10-12-2-4-13(20)5-3-12/h2-10H,11H2,1H3,(H,22,23)/b17-10-. The van der Waals surface area contributed by atoms with Crippen molar-refractivity contribution in [3.8, 4) is 0 Å². The number of hydrogen-bond acceptors (Lipinski definition) is 3. The fourth-order valence-electron chi connectivity index (χ4n) is 2.38. The Bertz CT molecular complexity index is 843. The quantitative estimate of drug-likeness (QED) is 0.734. The number of carbonyl (C=O) groups is 1. The van der Waals surface area contributed by atoms with E-state index in [-0.39, 0.29) is 5.91 Å². The molecule has 0 spiro atoms. The molecular weight excluding hydrogens is 377 g/mol. The molecular formula is C19H15Cl2NO2S.